The largest absolute Gasteiger partial charge is 0.454 e. The molecular weight excluding hydrogens is 339 g/mol. The SMILES string of the molecule is CN(C)c1ccc(NC(=O)c2cc(Cl)c3c(c2)OCO3)cc1Cl. The van der Waals surface area contributed by atoms with Gasteiger partial charge in [-0.1, -0.05) is 23.2 Å². The van der Waals surface area contributed by atoms with E-state index >= 15 is 0 Å². The van der Waals surface area contributed by atoms with Crippen LogP contribution in [0.4, 0.5) is 11.4 Å². The summed E-state index contributed by atoms with van der Waals surface area (Å²) in [7, 11) is 3.79. The van der Waals surface area contributed by atoms with Crippen LogP contribution in [0.2, 0.25) is 10.0 Å². The first kappa shape index (κ1) is 15.8. The molecule has 0 saturated carbocycles. The molecule has 0 aromatic heterocycles. The van der Waals surface area contributed by atoms with E-state index in [1.54, 1.807) is 24.3 Å². The average Bonchev–Trinajstić information content (AvgIpc) is 2.95. The zero-order chi connectivity index (χ0) is 16.6. The Balaban J connectivity index is 1.82. The molecule has 0 atom stereocenters. The van der Waals surface area contributed by atoms with Gasteiger partial charge in [0.05, 0.1) is 15.7 Å². The minimum absolute atomic E-state index is 0.0989. The second kappa shape index (κ2) is 6.18. The summed E-state index contributed by atoms with van der Waals surface area (Å²) in [5.41, 5.74) is 1.85. The number of hydrogen-bond donors (Lipinski definition) is 1. The summed E-state index contributed by atoms with van der Waals surface area (Å²) >= 11 is 12.3. The molecule has 0 spiro atoms. The molecule has 3 rings (SSSR count). The van der Waals surface area contributed by atoms with E-state index in [1.807, 2.05) is 25.1 Å². The lowest BCUT2D eigenvalue weighted by Gasteiger charge is -2.15. The van der Waals surface area contributed by atoms with Crippen molar-refractivity contribution < 1.29 is 14.3 Å². The summed E-state index contributed by atoms with van der Waals surface area (Å²) in [5, 5.41) is 3.68. The fourth-order valence-corrected chi connectivity index (χ4v) is 2.86. The van der Waals surface area contributed by atoms with Crippen LogP contribution in [0.15, 0.2) is 30.3 Å². The molecule has 1 aliphatic heterocycles. The van der Waals surface area contributed by atoms with Crippen LogP contribution >= 0.6 is 23.2 Å². The third-order valence-corrected chi connectivity index (χ3v) is 3.96. The summed E-state index contributed by atoms with van der Waals surface area (Å²) in [6.45, 7) is 0.0989. The number of ether oxygens (including phenoxy) is 2. The van der Waals surface area contributed by atoms with Gasteiger partial charge in [0, 0.05) is 25.3 Å². The van der Waals surface area contributed by atoms with Crippen molar-refractivity contribution in [1.29, 1.82) is 0 Å². The number of halogens is 2. The monoisotopic (exact) mass is 352 g/mol. The lowest BCUT2D eigenvalue weighted by atomic mass is 10.1. The highest BCUT2D eigenvalue weighted by Crippen LogP contribution is 2.40. The maximum absolute atomic E-state index is 12.4. The van der Waals surface area contributed by atoms with Crippen molar-refractivity contribution in [2.45, 2.75) is 0 Å². The van der Waals surface area contributed by atoms with Crippen molar-refractivity contribution >= 4 is 40.5 Å². The quantitative estimate of drug-likeness (QED) is 0.905. The van der Waals surface area contributed by atoms with Crippen LogP contribution in [-0.2, 0) is 0 Å². The van der Waals surface area contributed by atoms with Crippen LogP contribution in [0.5, 0.6) is 11.5 Å². The molecule has 0 fully saturated rings. The molecular formula is C16H14Cl2N2O3. The highest BCUT2D eigenvalue weighted by Gasteiger charge is 2.20. The van der Waals surface area contributed by atoms with E-state index in [9.17, 15) is 4.79 Å². The van der Waals surface area contributed by atoms with E-state index in [2.05, 4.69) is 5.32 Å². The predicted octanol–water partition coefficient (Wildman–Crippen LogP) is 4.04. The summed E-state index contributed by atoms with van der Waals surface area (Å²) in [6, 6.07) is 8.46. The maximum Gasteiger partial charge on any atom is 0.255 e. The number of carbonyl (C=O) groups is 1. The number of amides is 1. The Kier molecular flexibility index (Phi) is 4.24. The summed E-state index contributed by atoms with van der Waals surface area (Å²) in [5.74, 6) is 0.615. The minimum atomic E-state index is -0.307. The highest BCUT2D eigenvalue weighted by atomic mass is 35.5. The van der Waals surface area contributed by atoms with Crippen molar-refractivity contribution in [2.24, 2.45) is 0 Å². The van der Waals surface area contributed by atoms with Crippen molar-refractivity contribution in [3.05, 3.63) is 45.9 Å². The molecule has 1 aliphatic rings. The number of nitrogens with one attached hydrogen (secondary N) is 1. The number of benzene rings is 2. The fourth-order valence-electron chi connectivity index (χ4n) is 2.25. The van der Waals surface area contributed by atoms with Gasteiger partial charge < -0.3 is 19.7 Å². The van der Waals surface area contributed by atoms with Crippen LogP contribution in [0.1, 0.15) is 10.4 Å². The highest BCUT2D eigenvalue weighted by molar-refractivity contribution is 6.34. The second-order valence-electron chi connectivity index (χ2n) is 5.21. The Morgan fingerprint density at radius 3 is 2.61 bits per heavy atom. The normalized spacial score (nSPS) is 12.2. The third kappa shape index (κ3) is 3.16. The van der Waals surface area contributed by atoms with E-state index in [-0.39, 0.29) is 12.7 Å². The van der Waals surface area contributed by atoms with Gasteiger partial charge in [-0.05, 0) is 30.3 Å². The maximum atomic E-state index is 12.4. The molecule has 0 aliphatic carbocycles. The number of nitrogens with zero attached hydrogens (tertiary/aromatic N) is 1. The molecule has 0 bridgehead atoms. The molecule has 2 aromatic rings. The van der Waals surface area contributed by atoms with Crippen LogP contribution in [0.25, 0.3) is 0 Å². The lowest BCUT2D eigenvalue weighted by Crippen LogP contribution is -2.13. The van der Waals surface area contributed by atoms with Gasteiger partial charge in [0.25, 0.3) is 5.91 Å². The van der Waals surface area contributed by atoms with E-state index in [1.165, 1.54) is 0 Å². The molecule has 0 radical (unpaired) electrons. The first-order chi connectivity index (χ1) is 11.0. The Morgan fingerprint density at radius 2 is 1.91 bits per heavy atom. The topological polar surface area (TPSA) is 50.8 Å². The zero-order valence-electron chi connectivity index (χ0n) is 12.5. The number of anilines is 2. The van der Waals surface area contributed by atoms with Crippen molar-refractivity contribution in [2.75, 3.05) is 31.1 Å². The molecule has 0 saturated heterocycles. The molecule has 0 unspecified atom stereocenters. The number of carbonyl (C=O) groups excluding carboxylic acids is 1. The number of fused-ring (bicyclic) bond motifs is 1. The van der Waals surface area contributed by atoms with Gasteiger partial charge >= 0.3 is 0 Å². The van der Waals surface area contributed by atoms with Gasteiger partial charge in [0.15, 0.2) is 11.5 Å². The Morgan fingerprint density at radius 1 is 1.13 bits per heavy atom. The number of hydrogen-bond acceptors (Lipinski definition) is 4. The second-order valence-corrected chi connectivity index (χ2v) is 6.02. The lowest BCUT2D eigenvalue weighted by molar-refractivity contribution is 0.102. The fraction of sp³-hybridized carbons (Fsp3) is 0.188. The standard InChI is InChI=1S/C16H14Cl2N2O3/c1-20(2)13-4-3-10(7-11(13)17)19-16(21)9-5-12(18)15-14(6-9)22-8-23-15/h3-7H,8H2,1-2H3,(H,19,21). The smallest absolute Gasteiger partial charge is 0.255 e. The molecule has 120 valence electrons. The summed E-state index contributed by atoms with van der Waals surface area (Å²) in [6.07, 6.45) is 0. The summed E-state index contributed by atoms with van der Waals surface area (Å²) < 4.78 is 10.5. The Labute approximate surface area is 143 Å². The molecule has 23 heavy (non-hydrogen) atoms. The van der Waals surface area contributed by atoms with Crippen molar-refractivity contribution in [1.82, 2.24) is 0 Å². The van der Waals surface area contributed by atoms with Gasteiger partial charge in [-0.2, -0.15) is 0 Å². The Hall–Kier alpha value is -2.11. The van der Waals surface area contributed by atoms with Crippen LogP contribution in [0, 0.1) is 0 Å². The van der Waals surface area contributed by atoms with Crippen molar-refractivity contribution in [3.8, 4) is 11.5 Å². The van der Waals surface area contributed by atoms with E-state index in [0.717, 1.165) is 5.69 Å². The molecule has 2 aromatic carbocycles. The molecule has 1 amide bonds. The summed E-state index contributed by atoms with van der Waals surface area (Å²) in [4.78, 5) is 14.3. The molecule has 1 heterocycles. The molecule has 1 N–H and O–H groups in total. The number of rotatable bonds is 3. The van der Waals surface area contributed by atoms with Crippen LogP contribution < -0.4 is 19.7 Å². The first-order valence-corrected chi connectivity index (χ1v) is 7.58. The van der Waals surface area contributed by atoms with Gasteiger partial charge in [-0.3, -0.25) is 4.79 Å². The van der Waals surface area contributed by atoms with E-state index in [0.29, 0.717) is 32.8 Å². The molecule has 5 nitrogen and oxygen atoms in total. The van der Waals surface area contributed by atoms with E-state index in [4.69, 9.17) is 32.7 Å². The molecule has 7 heteroatoms. The average molecular weight is 353 g/mol. The van der Waals surface area contributed by atoms with Crippen LogP contribution in [-0.4, -0.2) is 26.8 Å². The van der Waals surface area contributed by atoms with Gasteiger partial charge in [-0.15, -0.1) is 0 Å². The van der Waals surface area contributed by atoms with Crippen LogP contribution in [0.3, 0.4) is 0 Å². The predicted molar refractivity (Wildman–Crippen MR) is 91.3 cm³/mol. The van der Waals surface area contributed by atoms with E-state index < -0.39 is 0 Å². The van der Waals surface area contributed by atoms with Gasteiger partial charge in [-0.25, -0.2) is 0 Å². The zero-order valence-corrected chi connectivity index (χ0v) is 14.0. The third-order valence-electron chi connectivity index (χ3n) is 3.38. The Bertz CT molecular complexity index is 778. The minimum Gasteiger partial charge on any atom is -0.454 e. The van der Waals surface area contributed by atoms with Crippen molar-refractivity contribution in [3.63, 3.8) is 0 Å². The van der Waals surface area contributed by atoms with Gasteiger partial charge in [0.2, 0.25) is 6.79 Å². The first-order valence-electron chi connectivity index (χ1n) is 6.83. The van der Waals surface area contributed by atoms with Gasteiger partial charge in [0.1, 0.15) is 0 Å².